The van der Waals surface area contributed by atoms with Gasteiger partial charge in [0.25, 0.3) is 5.82 Å². The molecule has 50 heavy (non-hydrogen) atoms. The lowest BCUT2D eigenvalue weighted by Gasteiger charge is -2.33. The molecule has 7 heterocycles. The smallest absolute Gasteiger partial charge is 0.397 e. The molecule has 1 unspecified atom stereocenters. The van der Waals surface area contributed by atoms with E-state index in [1.165, 1.54) is 32.9 Å². The van der Waals surface area contributed by atoms with Crippen LogP contribution in [0.2, 0.25) is 0 Å². The van der Waals surface area contributed by atoms with Crippen LogP contribution in [0.15, 0.2) is 122 Å². The molecule has 1 atom stereocenters. The molecular formula is C44H35N5O+2. The summed E-state index contributed by atoms with van der Waals surface area (Å²) in [6.07, 6.45) is 6.93. The fourth-order valence-corrected chi connectivity index (χ4v) is 9.08. The predicted octanol–water partition coefficient (Wildman–Crippen LogP) is 8.82. The Bertz CT molecular complexity index is 2780. The minimum atomic E-state index is -0.730. The zero-order chi connectivity index (χ0) is 33.7. The molecular weight excluding hydrogens is 615 g/mol. The van der Waals surface area contributed by atoms with Gasteiger partial charge >= 0.3 is 5.66 Å². The van der Waals surface area contributed by atoms with Crippen LogP contribution in [0.3, 0.4) is 0 Å². The van der Waals surface area contributed by atoms with E-state index in [1.807, 2.05) is 6.07 Å². The molecule has 0 N–H and O–H groups in total. The molecule has 4 aromatic carbocycles. The van der Waals surface area contributed by atoms with E-state index >= 15 is 0 Å². The van der Waals surface area contributed by atoms with E-state index in [1.54, 1.807) is 0 Å². The van der Waals surface area contributed by atoms with Gasteiger partial charge in [0.15, 0.2) is 11.1 Å². The van der Waals surface area contributed by atoms with Crippen molar-refractivity contribution in [1.29, 1.82) is 0 Å². The highest BCUT2D eigenvalue weighted by molar-refractivity contribution is 6.11. The molecule has 11 rings (SSSR count). The monoisotopic (exact) mass is 649 g/mol. The lowest BCUT2D eigenvalue weighted by molar-refractivity contribution is -0.993. The van der Waals surface area contributed by atoms with E-state index < -0.39 is 5.66 Å². The highest BCUT2D eigenvalue weighted by Gasteiger charge is 2.68. The van der Waals surface area contributed by atoms with Crippen LogP contribution in [0.4, 0.5) is 0 Å². The average molecular weight is 650 g/mol. The first-order valence-corrected chi connectivity index (χ1v) is 17.4. The molecule has 0 bridgehead atoms. The van der Waals surface area contributed by atoms with Gasteiger partial charge in [0, 0.05) is 33.7 Å². The Labute approximate surface area is 290 Å². The molecule has 1 spiro atoms. The van der Waals surface area contributed by atoms with Crippen molar-refractivity contribution in [3.8, 4) is 45.4 Å². The lowest BCUT2D eigenvalue weighted by atomic mass is 9.83. The zero-order valence-electron chi connectivity index (χ0n) is 28.7. The third-order valence-electron chi connectivity index (χ3n) is 11.2. The van der Waals surface area contributed by atoms with Gasteiger partial charge in [-0.1, -0.05) is 74.0 Å². The van der Waals surface area contributed by atoms with Crippen LogP contribution in [0.5, 0.6) is 11.5 Å². The molecule has 0 fully saturated rings. The number of benzene rings is 4. The first-order valence-electron chi connectivity index (χ1n) is 17.4. The second kappa shape index (κ2) is 9.16. The second-order valence-electron chi connectivity index (χ2n) is 15.1. The van der Waals surface area contributed by atoms with Crippen LogP contribution >= 0.6 is 0 Å². The van der Waals surface area contributed by atoms with Crippen LogP contribution in [-0.4, -0.2) is 14.2 Å². The summed E-state index contributed by atoms with van der Waals surface area (Å²) in [4.78, 5) is 5.14. The van der Waals surface area contributed by atoms with Gasteiger partial charge in [-0.25, -0.2) is 0 Å². The number of hydrogen-bond acceptors (Lipinski definition) is 2. The Kier molecular flexibility index (Phi) is 5.11. The quantitative estimate of drug-likeness (QED) is 0.176. The summed E-state index contributed by atoms with van der Waals surface area (Å²) >= 11 is 0. The van der Waals surface area contributed by atoms with Gasteiger partial charge in [0.2, 0.25) is 6.20 Å². The van der Waals surface area contributed by atoms with Crippen molar-refractivity contribution in [2.75, 3.05) is 0 Å². The van der Waals surface area contributed by atoms with E-state index in [9.17, 15) is 0 Å². The molecule has 0 radical (unpaired) electrons. The molecule has 4 aromatic heterocycles. The molecule has 0 saturated heterocycles. The maximum atomic E-state index is 6.87. The van der Waals surface area contributed by atoms with Crippen molar-refractivity contribution in [3.63, 3.8) is 0 Å². The van der Waals surface area contributed by atoms with Crippen molar-refractivity contribution >= 4 is 21.8 Å². The van der Waals surface area contributed by atoms with Crippen molar-refractivity contribution in [2.45, 2.75) is 45.7 Å². The van der Waals surface area contributed by atoms with Crippen LogP contribution < -0.4 is 14.0 Å². The minimum absolute atomic E-state index is 0.0274. The Morgan fingerprint density at radius 3 is 2.38 bits per heavy atom. The minimum Gasteiger partial charge on any atom is -0.456 e. The van der Waals surface area contributed by atoms with E-state index in [-0.39, 0.29) is 5.41 Å². The van der Waals surface area contributed by atoms with Gasteiger partial charge in [-0.2, -0.15) is 9.13 Å². The third kappa shape index (κ3) is 3.27. The Balaban J connectivity index is 1.27. The van der Waals surface area contributed by atoms with Gasteiger partial charge in [0.05, 0.1) is 23.7 Å². The SMILES string of the molecule is Cc1cc(-c2ccccc2)nc(C)c1-c1cn2[n+](c1)C13c4c(cccc4-2)Oc2ccc4c5ccccc5n(c4c21)-c1cc(C(C)(C)C)cc[n+]13. The maximum absolute atomic E-state index is 6.87. The van der Waals surface area contributed by atoms with E-state index in [0.717, 1.165) is 62.2 Å². The van der Waals surface area contributed by atoms with E-state index in [0.29, 0.717) is 0 Å². The topological polar surface area (TPSA) is 39.7 Å². The molecule has 3 aliphatic heterocycles. The van der Waals surface area contributed by atoms with Crippen LogP contribution in [-0.2, 0) is 11.1 Å². The average Bonchev–Trinajstić information content (AvgIpc) is 3.77. The summed E-state index contributed by atoms with van der Waals surface area (Å²) in [5.74, 6) is 2.91. The van der Waals surface area contributed by atoms with Crippen molar-refractivity contribution < 1.29 is 14.0 Å². The number of hydrogen-bond donors (Lipinski definition) is 0. The fraction of sp³-hybridized carbons (Fsp3) is 0.159. The van der Waals surface area contributed by atoms with Gasteiger partial charge in [-0.15, -0.1) is 4.68 Å². The first kappa shape index (κ1) is 27.9. The number of para-hydroxylation sites is 1. The number of ether oxygens (including phenoxy) is 1. The molecule has 240 valence electrons. The number of pyridine rings is 2. The maximum Gasteiger partial charge on any atom is 0.397 e. The highest BCUT2D eigenvalue weighted by Crippen LogP contribution is 2.55. The van der Waals surface area contributed by atoms with Gasteiger partial charge < -0.3 is 4.74 Å². The largest absolute Gasteiger partial charge is 0.456 e. The van der Waals surface area contributed by atoms with Crippen molar-refractivity contribution in [1.82, 2.24) is 14.2 Å². The Morgan fingerprint density at radius 2 is 1.56 bits per heavy atom. The molecule has 6 nitrogen and oxygen atoms in total. The molecule has 0 amide bonds. The summed E-state index contributed by atoms with van der Waals surface area (Å²) < 4.78 is 16.6. The van der Waals surface area contributed by atoms with Gasteiger partial charge in [0.1, 0.15) is 28.3 Å². The van der Waals surface area contributed by atoms with Crippen molar-refractivity contribution in [2.24, 2.45) is 0 Å². The van der Waals surface area contributed by atoms with Gasteiger partial charge in [-0.3, -0.25) is 4.98 Å². The van der Waals surface area contributed by atoms with Crippen LogP contribution in [0.25, 0.3) is 55.7 Å². The third-order valence-corrected chi connectivity index (χ3v) is 11.2. The Morgan fingerprint density at radius 1 is 0.760 bits per heavy atom. The first-order chi connectivity index (χ1) is 24.2. The summed E-state index contributed by atoms with van der Waals surface area (Å²) in [5.41, 5.74) is 13.0. The van der Waals surface area contributed by atoms with E-state index in [2.05, 4.69) is 169 Å². The summed E-state index contributed by atoms with van der Waals surface area (Å²) in [6.45, 7) is 11.2. The number of nitrogens with zero attached hydrogens (tertiary/aromatic N) is 5. The number of fused-ring (bicyclic) bond motifs is 7. The molecule has 6 heteroatoms. The summed E-state index contributed by atoms with van der Waals surface area (Å²) in [5, 5.41) is 2.47. The number of aryl methyl sites for hydroxylation is 2. The highest BCUT2D eigenvalue weighted by atomic mass is 16.5. The van der Waals surface area contributed by atoms with Gasteiger partial charge in [-0.05, 0) is 78.9 Å². The van der Waals surface area contributed by atoms with Crippen LogP contribution in [0, 0.1) is 13.8 Å². The Hall–Kier alpha value is -6.01. The second-order valence-corrected chi connectivity index (χ2v) is 15.1. The molecule has 8 aromatic rings. The fourth-order valence-electron chi connectivity index (χ4n) is 9.08. The number of aromatic nitrogens is 5. The molecule has 0 saturated carbocycles. The summed E-state index contributed by atoms with van der Waals surface area (Å²) in [7, 11) is 0. The molecule has 3 aliphatic rings. The zero-order valence-corrected chi connectivity index (χ0v) is 28.7. The van der Waals surface area contributed by atoms with Crippen LogP contribution in [0.1, 0.15) is 48.7 Å². The standard InChI is InChI=1S/C44H35N5O/c1-26-22-33(28-12-7-6-8-13-28)45-27(2)39(26)29-24-47-35-16-11-17-36-40(35)44(48(47)25-29)41-37(50-36)19-18-32-31-14-9-10-15-34(31)49(42(32)41)38-23-30(43(3,4)5)20-21-46(38)44/h6-25H,1-5H3/q+2. The molecule has 0 aliphatic carbocycles. The summed E-state index contributed by atoms with van der Waals surface area (Å²) in [6, 6.07) is 37.1. The lowest BCUT2D eigenvalue weighted by Crippen LogP contribution is -2.76. The van der Waals surface area contributed by atoms with Crippen molar-refractivity contribution in [3.05, 3.63) is 150 Å². The number of rotatable bonds is 2. The normalized spacial score (nSPS) is 16.3. The van der Waals surface area contributed by atoms with E-state index in [4.69, 9.17) is 9.72 Å². The predicted molar refractivity (Wildman–Crippen MR) is 195 cm³/mol.